The summed E-state index contributed by atoms with van der Waals surface area (Å²) in [5.41, 5.74) is 13.6. The van der Waals surface area contributed by atoms with Gasteiger partial charge in [0.15, 0.2) is 0 Å². The number of ketones is 1. The minimum absolute atomic E-state index is 0. The third-order valence-electron chi connectivity index (χ3n) is 9.76. The molecular weight excluding hydrogens is 514 g/mol. The summed E-state index contributed by atoms with van der Waals surface area (Å²) in [5.74, 6) is 1.63. The van der Waals surface area contributed by atoms with Crippen molar-refractivity contribution < 1.29 is 4.79 Å². The van der Waals surface area contributed by atoms with E-state index in [1.807, 2.05) is 12.4 Å². The van der Waals surface area contributed by atoms with Crippen LogP contribution in [0.15, 0.2) is 73.2 Å². The molecule has 1 atom stereocenters. The summed E-state index contributed by atoms with van der Waals surface area (Å²) >= 11 is 0. The quantitative estimate of drug-likeness (QED) is 0.221. The molecule has 0 saturated heterocycles. The van der Waals surface area contributed by atoms with Crippen molar-refractivity contribution >= 4 is 16.7 Å². The van der Waals surface area contributed by atoms with Crippen molar-refractivity contribution in [3.05, 3.63) is 89.9 Å². The topological polar surface area (TPSA) is 60.9 Å². The summed E-state index contributed by atoms with van der Waals surface area (Å²) in [6.07, 6.45) is 18.3. The second-order valence-corrected chi connectivity index (χ2v) is 12.9. The van der Waals surface area contributed by atoms with Gasteiger partial charge in [0, 0.05) is 60.8 Å². The molecular formula is C38H49N3O. The van der Waals surface area contributed by atoms with Crippen LogP contribution >= 0.6 is 0 Å². The van der Waals surface area contributed by atoms with Gasteiger partial charge in [-0.25, -0.2) is 0 Å². The average molecular weight is 564 g/mol. The Hall–Kier alpha value is -3.24. The Balaban J connectivity index is 0.00000353. The highest BCUT2D eigenvalue weighted by molar-refractivity contribution is 5.90. The molecule has 2 heterocycles. The molecule has 1 unspecified atom stereocenters. The van der Waals surface area contributed by atoms with E-state index >= 15 is 0 Å². The number of aryl methyl sites for hydroxylation is 1. The van der Waals surface area contributed by atoms with E-state index in [4.69, 9.17) is 5.73 Å². The molecule has 6 rings (SSSR count). The van der Waals surface area contributed by atoms with Crippen LogP contribution in [-0.2, 0) is 11.3 Å². The molecule has 4 heteroatoms. The van der Waals surface area contributed by atoms with E-state index in [1.54, 1.807) is 0 Å². The SMILES string of the molecule is C.Cc1cccc(C(CC(=O)CC2CCC(N)CC2)c2cn(CC3CCCCC3)c3ccc(-c4ccncc4)cc23)c1. The van der Waals surface area contributed by atoms with Crippen LogP contribution in [0.2, 0.25) is 0 Å². The normalized spacial score (nSPS) is 20.2. The molecule has 42 heavy (non-hydrogen) atoms. The smallest absolute Gasteiger partial charge is 0.134 e. The number of hydrogen-bond acceptors (Lipinski definition) is 3. The van der Waals surface area contributed by atoms with E-state index in [-0.39, 0.29) is 13.3 Å². The van der Waals surface area contributed by atoms with E-state index in [2.05, 4.69) is 77.3 Å². The van der Waals surface area contributed by atoms with Gasteiger partial charge in [0.25, 0.3) is 0 Å². The lowest BCUT2D eigenvalue weighted by molar-refractivity contribution is -0.120. The molecule has 2 fully saturated rings. The zero-order valence-electron chi connectivity index (χ0n) is 24.6. The molecule has 0 spiro atoms. The largest absolute Gasteiger partial charge is 0.347 e. The molecule has 2 N–H and O–H groups in total. The Kier molecular flexibility index (Phi) is 9.95. The molecule has 2 aromatic carbocycles. The van der Waals surface area contributed by atoms with Gasteiger partial charge in [-0.1, -0.05) is 62.6 Å². The van der Waals surface area contributed by atoms with E-state index < -0.39 is 0 Å². The van der Waals surface area contributed by atoms with E-state index in [1.165, 1.54) is 70.8 Å². The Labute approximate surface area is 252 Å². The number of nitrogens with two attached hydrogens (primary N) is 1. The summed E-state index contributed by atoms with van der Waals surface area (Å²) in [6.45, 7) is 3.21. The maximum absolute atomic E-state index is 13.7. The minimum Gasteiger partial charge on any atom is -0.347 e. The highest BCUT2D eigenvalue weighted by Gasteiger charge is 2.27. The molecule has 0 amide bonds. The molecule has 0 radical (unpaired) electrons. The van der Waals surface area contributed by atoms with E-state index in [0.29, 0.717) is 30.6 Å². The van der Waals surface area contributed by atoms with Crippen LogP contribution < -0.4 is 5.73 Å². The van der Waals surface area contributed by atoms with Gasteiger partial charge in [0.1, 0.15) is 5.78 Å². The lowest BCUT2D eigenvalue weighted by atomic mass is 9.80. The Morgan fingerprint density at radius 1 is 0.905 bits per heavy atom. The average Bonchev–Trinajstić information content (AvgIpc) is 3.35. The van der Waals surface area contributed by atoms with Crippen LogP contribution in [0.4, 0.5) is 0 Å². The van der Waals surface area contributed by atoms with Crippen molar-refractivity contribution in [1.29, 1.82) is 0 Å². The van der Waals surface area contributed by atoms with Gasteiger partial charge in [0.05, 0.1) is 0 Å². The summed E-state index contributed by atoms with van der Waals surface area (Å²) in [4.78, 5) is 18.0. The predicted octanol–water partition coefficient (Wildman–Crippen LogP) is 9.23. The fourth-order valence-electron chi connectivity index (χ4n) is 7.44. The maximum atomic E-state index is 13.7. The lowest BCUT2D eigenvalue weighted by Gasteiger charge is -2.26. The molecule has 2 saturated carbocycles. The Morgan fingerprint density at radius 2 is 1.67 bits per heavy atom. The van der Waals surface area contributed by atoms with E-state index in [9.17, 15) is 4.79 Å². The van der Waals surface area contributed by atoms with Gasteiger partial charge in [-0.3, -0.25) is 9.78 Å². The number of carbonyl (C=O) groups excluding carboxylic acids is 1. The zero-order chi connectivity index (χ0) is 28.2. The maximum Gasteiger partial charge on any atom is 0.134 e. The van der Waals surface area contributed by atoms with Crippen molar-refractivity contribution in [2.45, 2.75) is 103 Å². The molecule has 2 aliphatic rings. The first-order valence-corrected chi connectivity index (χ1v) is 15.9. The minimum atomic E-state index is 0. The first kappa shape index (κ1) is 30.2. The number of rotatable bonds is 9. The molecule has 4 aromatic rings. The van der Waals surface area contributed by atoms with Crippen LogP contribution in [0, 0.1) is 18.8 Å². The first-order valence-electron chi connectivity index (χ1n) is 15.9. The van der Waals surface area contributed by atoms with Gasteiger partial charge in [-0.05, 0) is 104 Å². The summed E-state index contributed by atoms with van der Waals surface area (Å²) < 4.78 is 2.51. The highest BCUT2D eigenvalue weighted by Crippen LogP contribution is 2.39. The van der Waals surface area contributed by atoms with Crippen molar-refractivity contribution in [2.75, 3.05) is 0 Å². The molecule has 2 aliphatic carbocycles. The number of benzene rings is 2. The monoisotopic (exact) mass is 563 g/mol. The predicted molar refractivity (Wildman–Crippen MR) is 176 cm³/mol. The van der Waals surface area contributed by atoms with Crippen LogP contribution in [-0.4, -0.2) is 21.4 Å². The highest BCUT2D eigenvalue weighted by atomic mass is 16.1. The number of Topliss-reactive ketones (excluding diaryl/α,β-unsaturated/α-hetero) is 1. The molecule has 0 bridgehead atoms. The number of pyridine rings is 1. The van der Waals surface area contributed by atoms with Crippen LogP contribution in [0.5, 0.6) is 0 Å². The summed E-state index contributed by atoms with van der Waals surface area (Å²) in [6, 6.07) is 20.2. The Bertz CT molecular complexity index is 1460. The van der Waals surface area contributed by atoms with Crippen molar-refractivity contribution in [2.24, 2.45) is 17.6 Å². The van der Waals surface area contributed by atoms with Crippen molar-refractivity contribution in [3.63, 3.8) is 0 Å². The van der Waals surface area contributed by atoms with Gasteiger partial charge < -0.3 is 10.3 Å². The first-order chi connectivity index (χ1) is 20.0. The zero-order valence-corrected chi connectivity index (χ0v) is 24.6. The Morgan fingerprint density at radius 3 is 2.40 bits per heavy atom. The number of fused-ring (bicyclic) bond motifs is 1. The van der Waals surface area contributed by atoms with Gasteiger partial charge >= 0.3 is 0 Å². The number of carbonyl (C=O) groups is 1. The molecule has 222 valence electrons. The van der Waals surface area contributed by atoms with Crippen LogP contribution in [0.3, 0.4) is 0 Å². The fourth-order valence-corrected chi connectivity index (χ4v) is 7.44. The lowest BCUT2D eigenvalue weighted by Crippen LogP contribution is -2.27. The molecule has 2 aromatic heterocycles. The van der Waals surface area contributed by atoms with Crippen LogP contribution in [0.1, 0.15) is 101 Å². The van der Waals surface area contributed by atoms with Crippen LogP contribution in [0.25, 0.3) is 22.0 Å². The van der Waals surface area contributed by atoms with Gasteiger partial charge in [0.2, 0.25) is 0 Å². The molecule has 0 aliphatic heterocycles. The standard InChI is InChI=1S/C37H45N3O.CH4/c1-26-6-5-9-31(20-26)34(23-33(41)21-27-10-13-32(38)14-11-27)36-25-40(24-28-7-3-2-4-8-28)37-15-12-30(22-35(36)37)29-16-18-39-19-17-29;/h5-6,9,12,15-20,22,25,27-28,32,34H,2-4,7-8,10-11,13-14,21,23-24,38H2,1H3;1H4. The fraction of sp³-hybridized carbons (Fsp3) is 0.474. The third kappa shape index (κ3) is 7.03. The third-order valence-corrected chi connectivity index (χ3v) is 9.76. The number of hydrogen-bond donors (Lipinski definition) is 1. The number of aromatic nitrogens is 2. The molecule has 4 nitrogen and oxygen atoms in total. The second kappa shape index (κ2) is 13.8. The second-order valence-electron chi connectivity index (χ2n) is 12.9. The van der Waals surface area contributed by atoms with Gasteiger partial charge in [-0.15, -0.1) is 0 Å². The van der Waals surface area contributed by atoms with Crippen molar-refractivity contribution in [3.8, 4) is 11.1 Å². The summed E-state index contributed by atoms with van der Waals surface area (Å²) in [7, 11) is 0. The summed E-state index contributed by atoms with van der Waals surface area (Å²) in [5, 5.41) is 1.28. The van der Waals surface area contributed by atoms with Gasteiger partial charge in [-0.2, -0.15) is 0 Å². The van der Waals surface area contributed by atoms with E-state index in [0.717, 1.165) is 38.1 Å². The van der Waals surface area contributed by atoms with Crippen molar-refractivity contribution in [1.82, 2.24) is 9.55 Å². The number of nitrogens with zero attached hydrogens (tertiary/aromatic N) is 2.